The van der Waals surface area contributed by atoms with Crippen molar-refractivity contribution in [2.45, 2.75) is 6.42 Å². The van der Waals surface area contributed by atoms with Crippen molar-refractivity contribution < 1.29 is 4.74 Å². The van der Waals surface area contributed by atoms with E-state index < -0.39 is 0 Å². The summed E-state index contributed by atoms with van der Waals surface area (Å²) in [7, 11) is 0. The molecule has 0 spiro atoms. The minimum Gasteiger partial charge on any atom is -0.380 e. The third-order valence-electron chi connectivity index (χ3n) is 2.62. The molecular formula is C12H16ClNO. The lowest BCUT2D eigenvalue weighted by Crippen LogP contribution is -2.24. The Balaban J connectivity index is 1.95. The summed E-state index contributed by atoms with van der Waals surface area (Å²) in [6.07, 6.45) is 1.04. The van der Waals surface area contributed by atoms with Gasteiger partial charge in [-0.15, -0.1) is 0 Å². The Kier molecular flexibility index (Phi) is 4.01. The third-order valence-corrected chi connectivity index (χ3v) is 2.86. The van der Waals surface area contributed by atoms with Gasteiger partial charge >= 0.3 is 0 Å². The molecule has 1 atom stereocenters. The Bertz CT molecular complexity index is 308. The van der Waals surface area contributed by atoms with Crippen LogP contribution in [0.1, 0.15) is 5.56 Å². The highest BCUT2D eigenvalue weighted by Crippen LogP contribution is 2.15. The summed E-state index contributed by atoms with van der Waals surface area (Å²) in [6, 6.07) is 8.07. The van der Waals surface area contributed by atoms with E-state index in [2.05, 4.69) is 11.4 Å². The SMILES string of the molecule is Clc1cccc(CC2CNCCOC2)c1. The number of hydrogen-bond donors (Lipinski definition) is 1. The Morgan fingerprint density at radius 1 is 1.47 bits per heavy atom. The van der Waals surface area contributed by atoms with Gasteiger partial charge in [0.05, 0.1) is 13.2 Å². The zero-order valence-corrected chi connectivity index (χ0v) is 9.46. The minimum atomic E-state index is 0.561. The maximum Gasteiger partial charge on any atom is 0.0591 e. The maximum atomic E-state index is 5.95. The topological polar surface area (TPSA) is 21.3 Å². The predicted molar refractivity (Wildman–Crippen MR) is 62.3 cm³/mol. The molecule has 1 aliphatic heterocycles. The Morgan fingerprint density at radius 2 is 2.40 bits per heavy atom. The van der Waals surface area contributed by atoms with Crippen LogP contribution in [-0.4, -0.2) is 26.3 Å². The quantitative estimate of drug-likeness (QED) is 0.833. The number of halogens is 1. The maximum absolute atomic E-state index is 5.95. The van der Waals surface area contributed by atoms with Gasteiger partial charge in [0.2, 0.25) is 0 Å². The van der Waals surface area contributed by atoms with Gasteiger partial charge in [-0.2, -0.15) is 0 Å². The van der Waals surface area contributed by atoms with E-state index in [1.165, 1.54) is 5.56 Å². The Morgan fingerprint density at radius 3 is 3.27 bits per heavy atom. The van der Waals surface area contributed by atoms with Crippen LogP contribution in [0.25, 0.3) is 0 Å². The van der Waals surface area contributed by atoms with E-state index in [1.54, 1.807) is 0 Å². The van der Waals surface area contributed by atoms with Gasteiger partial charge in [-0.1, -0.05) is 23.7 Å². The molecule has 0 amide bonds. The van der Waals surface area contributed by atoms with Gasteiger partial charge in [-0.05, 0) is 30.0 Å². The molecule has 0 aliphatic carbocycles. The van der Waals surface area contributed by atoms with Crippen LogP contribution in [-0.2, 0) is 11.2 Å². The molecule has 1 aromatic rings. The summed E-state index contributed by atoms with van der Waals surface area (Å²) in [4.78, 5) is 0. The van der Waals surface area contributed by atoms with Crippen LogP contribution < -0.4 is 5.32 Å². The second-order valence-corrected chi connectivity index (χ2v) is 4.42. The fraction of sp³-hybridized carbons (Fsp3) is 0.500. The average Bonchev–Trinajstić information content (AvgIpc) is 2.46. The minimum absolute atomic E-state index is 0.561. The van der Waals surface area contributed by atoms with E-state index in [-0.39, 0.29) is 0 Å². The molecule has 0 saturated carbocycles. The molecule has 82 valence electrons. The fourth-order valence-electron chi connectivity index (χ4n) is 1.89. The van der Waals surface area contributed by atoms with Crippen molar-refractivity contribution in [2.75, 3.05) is 26.3 Å². The van der Waals surface area contributed by atoms with Crippen molar-refractivity contribution in [3.8, 4) is 0 Å². The van der Waals surface area contributed by atoms with Crippen molar-refractivity contribution in [1.29, 1.82) is 0 Å². The van der Waals surface area contributed by atoms with E-state index in [4.69, 9.17) is 16.3 Å². The molecule has 1 fully saturated rings. The van der Waals surface area contributed by atoms with E-state index >= 15 is 0 Å². The van der Waals surface area contributed by atoms with Gasteiger partial charge < -0.3 is 10.1 Å². The summed E-state index contributed by atoms with van der Waals surface area (Å²) in [5, 5.41) is 4.19. The van der Waals surface area contributed by atoms with Gasteiger partial charge in [-0.3, -0.25) is 0 Å². The molecule has 0 bridgehead atoms. The standard InChI is InChI=1S/C12H16ClNO/c13-12-3-1-2-10(7-12)6-11-8-14-4-5-15-9-11/h1-3,7,11,14H,4-6,8-9H2. The summed E-state index contributed by atoms with van der Waals surface area (Å²) in [5.74, 6) is 0.561. The molecule has 1 heterocycles. The summed E-state index contributed by atoms with van der Waals surface area (Å²) >= 11 is 5.95. The molecule has 1 aliphatic rings. The van der Waals surface area contributed by atoms with Crippen molar-refractivity contribution in [3.05, 3.63) is 34.9 Å². The van der Waals surface area contributed by atoms with E-state index in [9.17, 15) is 0 Å². The van der Waals surface area contributed by atoms with Crippen LogP contribution in [0.5, 0.6) is 0 Å². The molecular weight excluding hydrogens is 210 g/mol. The molecule has 3 heteroatoms. The highest BCUT2D eigenvalue weighted by Gasteiger charge is 2.12. The Labute approximate surface area is 95.6 Å². The van der Waals surface area contributed by atoms with E-state index in [0.717, 1.165) is 37.7 Å². The van der Waals surface area contributed by atoms with Crippen LogP contribution in [0.15, 0.2) is 24.3 Å². The average molecular weight is 226 g/mol. The van der Waals surface area contributed by atoms with Crippen LogP contribution in [0.4, 0.5) is 0 Å². The first-order valence-electron chi connectivity index (χ1n) is 5.37. The first kappa shape index (κ1) is 10.9. The Hall–Kier alpha value is -0.570. The number of benzene rings is 1. The number of nitrogens with one attached hydrogen (secondary N) is 1. The molecule has 2 nitrogen and oxygen atoms in total. The van der Waals surface area contributed by atoms with Crippen LogP contribution in [0, 0.1) is 5.92 Å². The molecule has 0 radical (unpaired) electrons. The summed E-state index contributed by atoms with van der Waals surface area (Å²) in [5.41, 5.74) is 1.29. The molecule has 2 rings (SSSR count). The van der Waals surface area contributed by atoms with E-state index in [1.807, 2.05) is 18.2 Å². The molecule has 15 heavy (non-hydrogen) atoms. The van der Waals surface area contributed by atoms with Crippen molar-refractivity contribution in [2.24, 2.45) is 5.92 Å². The van der Waals surface area contributed by atoms with Gasteiger partial charge in [-0.25, -0.2) is 0 Å². The third kappa shape index (κ3) is 3.49. The lowest BCUT2D eigenvalue weighted by molar-refractivity contribution is 0.123. The predicted octanol–water partition coefficient (Wildman–Crippen LogP) is 2.12. The normalized spacial score (nSPS) is 22.3. The van der Waals surface area contributed by atoms with Crippen LogP contribution in [0.2, 0.25) is 5.02 Å². The van der Waals surface area contributed by atoms with Crippen LogP contribution >= 0.6 is 11.6 Å². The lowest BCUT2D eigenvalue weighted by Gasteiger charge is -2.13. The second-order valence-electron chi connectivity index (χ2n) is 3.98. The molecule has 1 unspecified atom stereocenters. The number of rotatable bonds is 2. The molecule has 1 N–H and O–H groups in total. The van der Waals surface area contributed by atoms with Gasteiger partial charge in [0, 0.05) is 18.1 Å². The summed E-state index contributed by atoms with van der Waals surface area (Å²) in [6.45, 7) is 3.67. The van der Waals surface area contributed by atoms with E-state index in [0.29, 0.717) is 5.92 Å². The lowest BCUT2D eigenvalue weighted by atomic mass is 10.0. The summed E-state index contributed by atoms with van der Waals surface area (Å²) < 4.78 is 5.51. The number of ether oxygens (including phenoxy) is 1. The smallest absolute Gasteiger partial charge is 0.0591 e. The highest BCUT2D eigenvalue weighted by atomic mass is 35.5. The van der Waals surface area contributed by atoms with Crippen molar-refractivity contribution in [1.82, 2.24) is 5.32 Å². The van der Waals surface area contributed by atoms with Crippen molar-refractivity contribution in [3.63, 3.8) is 0 Å². The largest absolute Gasteiger partial charge is 0.380 e. The van der Waals surface area contributed by atoms with Gasteiger partial charge in [0.15, 0.2) is 0 Å². The molecule has 1 saturated heterocycles. The first-order chi connectivity index (χ1) is 7.34. The molecule has 0 aromatic heterocycles. The highest BCUT2D eigenvalue weighted by molar-refractivity contribution is 6.30. The monoisotopic (exact) mass is 225 g/mol. The van der Waals surface area contributed by atoms with Gasteiger partial charge in [0.1, 0.15) is 0 Å². The second kappa shape index (κ2) is 5.50. The number of hydrogen-bond acceptors (Lipinski definition) is 2. The zero-order chi connectivity index (χ0) is 10.5. The zero-order valence-electron chi connectivity index (χ0n) is 8.71. The first-order valence-corrected chi connectivity index (χ1v) is 5.75. The fourth-order valence-corrected chi connectivity index (χ4v) is 2.10. The van der Waals surface area contributed by atoms with Crippen LogP contribution in [0.3, 0.4) is 0 Å². The van der Waals surface area contributed by atoms with Gasteiger partial charge in [0.25, 0.3) is 0 Å². The molecule has 1 aromatic carbocycles. The van der Waals surface area contributed by atoms with Crippen molar-refractivity contribution >= 4 is 11.6 Å².